The van der Waals surface area contributed by atoms with E-state index >= 15 is 0 Å². The van der Waals surface area contributed by atoms with Crippen LogP contribution in [0.1, 0.15) is 41.5 Å². The lowest BCUT2D eigenvalue weighted by Crippen LogP contribution is -2.38. The Hall–Kier alpha value is -0.0400. The zero-order valence-electron chi connectivity index (χ0n) is 10.7. The zero-order valence-corrected chi connectivity index (χ0v) is 10.7. The van der Waals surface area contributed by atoms with Crippen LogP contribution in [0, 0.1) is 23.7 Å². The van der Waals surface area contributed by atoms with Gasteiger partial charge in [-0.3, -0.25) is 0 Å². The highest BCUT2D eigenvalue weighted by atomic mass is 15.2. The predicted molar refractivity (Wildman–Crippen MR) is 63.4 cm³/mol. The van der Waals surface area contributed by atoms with Crippen molar-refractivity contribution in [3.05, 3.63) is 0 Å². The lowest BCUT2D eigenvalue weighted by Gasteiger charge is -2.32. The molecule has 0 aliphatic carbocycles. The highest BCUT2D eigenvalue weighted by Gasteiger charge is 2.34. The molecule has 1 fully saturated rings. The molecule has 0 bridgehead atoms. The molecule has 1 heteroatoms. The van der Waals surface area contributed by atoms with Gasteiger partial charge < -0.3 is 4.90 Å². The van der Waals surface area contributed by atoms with Crippen LogP contribution in [0.5, 0.6) is 0 Å². The van der Waals surface area contributed by atoms with Crippen molar-refractivity contribution in [1.29, 1.82) is 0 Å². The van der Waals surface area contributed by atoms with Crippen LogP contribution < -0.4 is 0 Å². The first-order valence-electron chi connectivity index (χ1n) is 6.23. The first kappa shape index (κ1) is 12.0. The molecule has 1 heterocycles. The summed E-state index contributed by atoms with van der Waals surface area (Å²) in [4.78, 5) is 2.65. The molecule has 5 atom stereocenters. The summed E-state index contributed by atoms with van der Waals surface area (Å²) in [7, 11) is 0. The van der Waals surface area contributed by atoms with Crippen LogP contribution >= 0.6 is 0 Å². The molecule has 0 N–H and O–H groups in total. The van der Waals surface area contributed by atoms with Crippen LogP contribution in [-0.2, 0) is 0 Å². The molecule has 1 rings (SSSR count). The van der Waals surface area contributed by atoms with Crippen LogP contribution in [0.15, 0.2) is 0 Å². The predicted octanol–water partition coefficient (Wildman–Crippen LogP) is 3.25. The van der Waals surface area contributed by atoms with Crippen molar-refractivity contribution >= 4 is 0 Å². The molecule has 0 radical (unpaired) electrons. The lowest BCUT2D eigenvalue weighted by atomic mass is 9.78. The van der Waals surface area contributed by atoms with Crippen molar-refractivity contribution in [2.75, 3.05) is 13.1 Å². The average Bonchev–Trinajstić information content (AvgIpc) is 2.25. The van der Waals surface area contributed by atoms with E-state index in [1.807, 2.05) is 0 Å². The largest absolute Gasteiger partial charge is 0.300 e. The van der Waals surface area contributed by atoms with E-state index in [-0.39, 0.29) is 0 Å². The van der Waals surface area contributed by atoms with Crippen LogP contribution in [0.4, 0.5) is 0 Å². The summed E-state index contributed by atoms with van der Waals surface area (Å²) >= 11 is 0. The highest BCUT2D eigenvalue weighted by Crippen LogP contribution is 2.34. The van der Waals surface area contributed by atoms with Gasteiger partial charge in [-0.05, 0) is 37.1 Å². The standard InChI is InChI=1S/C13H27N/c1-7-14-8-9(2)10(3)11(4)12(5)13(14)6/h9-13H,7-8H2,1-6H3. The summed E-state index contributed by atoms with van der Waals surface area (Å²) in [6, 6.07) is 0.752. The maximum atomic E-state index is 2.65. The normalized spacial score (nSPS) is 46.3. The smallest absolute Gasteiger partial charge is 0.00952 e. The van der Waals surface area contributed by atoms with Crippen molar-refractivity contribution in [3.8, 4) is 0 Å². The Morgan fingerprint density at radius 3 is 2.00 bits per heavy atom. The fraction of sp³-hybridized carbons (Fsp3) is 1.00. The first-order chi connectivity index (χ1) is 6.49. The number of nitrogens with zero attached hydrogens (tertiary/aromatic N) is 1. The van der Waals surface area contributed by atoms with Crippen molar-refractivity contribution in [3.63, 3.8) is 0 Å². The zero-order chi connectivity index (χ0) is 10.9. The summed E-state index contributed by atoms with van der Waals surface area (Å²) in [6.45, 7) is 16.9. The quantitative estimate of drug-likeness (QED) is 0.623. The molecule has 0 saturated carbocycles. The van der Waals surface area contributed by atoms with Gasteiger partial charge in [0, 0.05) is 12.6 Å². The van der Waals surface area contributed by atoms with Crippen molar-refractivity contribution < 1.29 is 0 Å². The summed E-state index contributed by atoms with van der Waals surface area (Å²) < 4.78 is 0. The second kappa shape index (κ2) is 4.65. The van der Waals surface area contributed by atoms with Crippen molar-refractivity contribution in [2.24, 2.45) is 23.7 Å². The molecule has 1 aliphatic rings. The van der Waals surface area contributed by atoms with E-state index in [1.54, 1.807) is 0 Å². The summed E-state index contributed by atoms with van der Waals surface area (Å²) in [6.07, 6.45) is 0. The van der Waals surface area contributed by atoms with Gasteiger partial charge in [-0.1, -0.05) is 34.6 Å². The lowest BCUT2D eigenvalue weighted by molar-refractivity contribution is 0.161. The minimum Gasteiger partial charge on any atom is -0.300 e. The number of hydrogen-bond acceptors (Lipinski definition) is 1. The molecule has 0 amide bonds. The van der Waals surface area contributed by atoms with Gasteiger partial charge >= 0.3 is 0 Å². The van der Waals surface area contributed by atoms with E-state index in [1.165, 1.54) is 13.1 Å². The SMILES string of the molecule is CCN1CC(C)C(C)C(C)C(C)C1C. The van der Waals surface area contributed by atoms with Crippen LogP contribution in [0.3, 0.4) is 0 Å². The maximum absolute atomic E-state index is 2.65. The van der Waals surface area contributed by atoms with E-state index < -0.39 is 0 Å². The van der Waals surface area contributed by atoms with Crippen LogP contribution in [0.25, 0.3) is 0 Å². The molecular weight excluding hydrogens is 170 g/mol. The fourth-order valence-electron chi connectivity index (χ4n) is 2.89. The number of likely N-dealkylation sites (tertiary alicyclic amines) is 1. The maximum Gasteiger partial charge on any atom is 0.00952 e. The van der Waals surface area contributed by atoms with E-state index in [0.29, 0.717) is 0 Å². The third kappa shape index (κ3) is 2.13. The Morgan fingerprint density at radius 1 is 0.929 bits per heavy atom. The second-order valence-corrected chi connectivity index (χ2v) is 5.38. The molecule has 0 aromatic heterocycles. The highest BCUT2D eigenvalue weighted by molar-refractivity contribution is 4.85. The van der Waals surface area contributed by atoms with Crippen LogP contribution in [0.2, 0.25) is 0 Å². The Morgan fingerprint density at radius 2 is 1.50 bits per heavy atom. The monoisotopic (exact) mass is 197 g/mol. The third-order valence-electron chi connectivity index (χ3n) is 4.82. The topological polar surface area (TPSA) is 3.24 Å². The molecule has 0 aromatic carbocycles. The van der Waals surface area contributed by atoms with Gasteiger partial charge in [0.25, 0.3) is 0 Å². The molecular formula is C13H27N. The number of hydrogen-bond donors (Lipinski definition) is 0. The minimum atomic E-state index is 0.752. The van der Waals surface area contributed by atoms with E-state index in [9.17, 15) is 0 Å². The third-order valence-corrected chi connectivity index (χ3v) is 4.82. The fourth-order valence-corrected chi connectivity index (χ4v) is 2.89. The Labute approximate surface area is 89.9 Å². The molecule has 1 nitrogen and oxygen atoms in total. The van der Waals surface area contributed by atoms with E-state index in [2.05, 4.69) is 46.4 Å². The van der Waals surface area contributed by atoms with Gasteiger partial charge in [0.1, 0.15) is 0 Å². The van der Waals surface area contributed by atoms with Gasteiger partial charge in [-0.25, -0.2) is 0 Å². The van der Waals surface area contributed by atoms with Crippen molar-refractivity contribution in [1.82, 2.24) is 4.90 Å². The molecule has 0 spiro atoms. The Kier molecular flexibility index (Phi) is 4.00. The van der Waals surface area contributed by atoms with Gasteiger partial charge in [0.2, 0.25) is 0 Å². The van der Waals surface area contributed by atoms with Gasteiger partial charge in [-0.2, -0.15) is 0 Å². The van der Waals surface area contributed by atoms with Gasteiger partial charge in [-0.15, -0.1) is 0 Å². The number of rotatable bonds is 1. The molecule has 84 valence electrons. The first-order valence-corrected chi connectivity index (χ1v) is 6.23. The molecule has 1 aliphatic heterocycles. The summed E-state index contributed by atoms with van der Waals surface area (Å²) in [5, 5.41) is 0. The summed E-state index contributed by atoms with van der Waals surface area (Å²) in [5.41, 5.74) is 0. The average molecular weight is 197 g/mol. The minimum absolute atomic E-state index is 0.752. The van der Waals surface area contributed by atoms with Crippen molar-refractivity contribution in [2.45, 2.75) is 47.6 Å². The molecule has 14 heavy (non-hydrogen) atoms. The molecule has 0 aromatic rings. The van der Waals surface area contributed by atoms with E-state index in [0.717, 1.165) is 29.7 Å². The summed E-state index contributed by atoms with van der Waals surface area (Å²) in [5.74, 6) is 3.40. The Balaban J connectivity index is 2.81. The van der Waals surface area contributed by atoms with Gasteiger partial charge in [0.05, 0.1) is 0 Å². The van der Waals surface area contributed by atoms with Gasteiger partial charge in [0.15, 0.2) is 0 Å². The Bertz CT molecular complexity index is 173. The second-order valence-electron chi connectivity index (χ2n) is 5.38. The molecule has 1 saturated heterocycles. The molecule has 5 unspecified atom stereocenters. The van der Waals surface area contributed by atoms with E-state index in [4.69, 9.17) is 0 Å². The van der Waals surface area contributed by atoms with Crippen LogP contribution in [-0.4, -0.2) is 24.0 Å².